The van der Waals surface area contributed by atoms with Crippen LogP contribution in [0.1, 0.15) is 57.4 Å². The number of piperidine rings is 1. The highest BCUT2D eigenvalue weighted by Crippen LogP contribution is 2.40. The second kappa shape index (κ2) is 9.98. The van der Waals surface area contributed by atoms with E-state index >= 15 is 0 Å². The molecule has 0 spiro atoms. The average Bonchev–Trinajstić information content (AvgIpc) is 3.28. The van der Waals surface area contributed by atoms with Gasteiger partial charge in [0.2, 0.25) is 11.8 Å². The number of benzene rings is 1. The molecule has 1 saturated carbocycles. The predicted molar refractivity (Wildman–Crippen MR) is 130 cm³/mol. The summed E-state index contributed by atoms with van der Waals surface area (Å²) in [5.74, 6) is 1.59. The summed E-state index contributed by atoms with van der Waals surface area (Å²) in [6.07, 6.45) is 7.99. The molecule has 1 atom stereocenters. The number of thiocarbonyl (C=S) groups is 1. The monoisotopic (exact) mass is 457 g/mol. The Morgan fingerprint density at radius 1 is 1.19 bits per heavy atom. The number of hydrogen-bond acceptors (Lipinski definition) is 5. The van der Waals surface area contributed by atoms with E-state index in [0.717, 1.165) is 56.5 Å². The molecule has 0 radical (unpaired) electrons. The van der Waals surface area contributed by atoms with Gasteiger partial charge in [-0.3, -0.25) is 0 Å². The number of ether oxygens (including phenoxy) is 1. The van der Waals surface area contributed by atoms with Gasteiger partial charge >= 0.3 is 0 Å². The van der Waals surface area contributed by atoms with Gasteiger partial charge in [0.25, 0.3) is 0 Å². The summed E-state index contributed by atoms with van der Waals surface area (Å²) in [7, 11) is 1.61. The highest BCUT2D eigenvalue weighted by Gasteiger charge is 2.35. The lowest BCUT2D eigenvalue weighted by Gasteiger charge is -2.34. The number of methoxy groups -OCH3 is 1. The van der Waals surface area contributed by atoms with Crippen molar-refractivity contribution in [1.82, 2.24) is 15.3 Å². The Labute approximate surface area is 195 Å². The first-order valence-corrected chi connectivity index (χ1v) is 11.9. The fourth-order valence-electron chi connectivity index (χ4n) is 4.98. The van der Waals surface area contributed by atoms with E-state index in [9.17, 15) is 4.39 Å². The van der Waals surface area contributed by atoms with Crippen LogP contribution in [0.3, 0.4) is 0 Å². The van der Waals surface area contributed by atoms with Crippen LogP contribution < -0.4 is 20.3 Å². The molecule has 1 aliphatic carbocycles. The molecule has 2 aliphatic rings. The van der Waals surface area contributed by atoms with Crippen molar-refractivity contribution in [2.45, 2.75) is 63.3 Å². The molecule has 1 aromatic carbocycles. The number of anilines is 2. The second-order valence-electron chi connectivity index (χ2n) is 8.93. The van der Waals surface area contributed by atoms with Crippen LogP contribution in [-0.4, -0.2) is 41.3 Å². The lowest BCUT2D eigenvalue weighted by molar-refractivity contribution is 0.396. The summed E-state index contributed by atoms with van der Waals surface area (Å²) in [4.78, 5) is 11.5. The Morgan fingerprint density at radius 3 is 2.62 bits per heavy atom. The fraction of sp³-hybridized carbons (Fsp3) is 0.542. The molecule has 0 amide bonds. The number of rotatable bonds is 6. The van der Waals surface area contributed by atoms with Gasteiger partial charge in [-0.15, -0.1) is 0 Å². The SMILES string of the molecule is COc1cc(N2CCCC[C@H]2C)nc(NC(=S)NCC2(c3ccc(F)cc3)CCCC2)n1. The first-order valence-electron chi connectivity index (χ1n) is 11.5. The molecule has 2 aromatic rings. The van der Waals surface area contributed by atoms with Gasteiger partial charge in [0.15, 0.2) is 5.11 Å². The van der Waals surface area contributed by atoms with Gasteiger partial charge in [-0.05, 0) is 68.9 Å². The molecule has 8 heteroatoms. The molecule has 1 aromatic heterocycles. The molecule has 2 N–H and O–H groups in total. The van der Waals surface area contributed by atoms with Crippen molar-refractivity contribution in [3.63, 3.8) is 0 Å². The first-order chi connectivity index (χ1) is 15.5. The standard InChI is InChI=1S/C24H32FN5OS/c1-17-7-3-6-14-30(17)20-15-21(31-2)28-22(27-20)29-23(32)26-16-24(12-4-5-13-24)18-8-10-19(25)11-9-18/h8-11,15,17H,3-7,12-14,16H2,1-2H3,(H2,26,27,28,29,32)/t17-/m1/s1. The highest BCUT2D eigenvalue weighted by atomic mass is 32.1. The third-order valence-corrected chi connectivity index (χ3v) is 7.07. The van der Waals surface area contributed by atoms with E-state index < -0.39 is 0 Å². The molecule has 2 fully saturated rings. The van der Waals surface area contributed by atoms with Crippen LogP contribution in [0.25, 0.3) is 0 Å². The molecule has 2 heterocycles. The summed E-state index contributed by atoms with van der Waals surface area (Å²) >= 11 is 5.58. The minimum atomic E-state index is -0.207. The molecule has 32 heavy (non-hydrogen) atoms. The normalized spacial score (nSPS) is 20.1. The maximum absolute atomic E-state index is 13.4. The van der Waals surface area contributed by atoms with Crippen molar-refractivity contribution in [1.29, 1.82) is 0 Å². The van der Waals surface area contributed by atoms with Gasteiger partial charge in [0.05, 0.1) is 7.11 Å². The van der Waals surface area contributed by atoms with E-state index in [0.29, 0.717) is 29.5 Å². The third-order valence-electron chi connectivity index (χ3n) is 6.83. The van der Waals surface area contributed by atoms with Crippen LogP contribution >= 0.6 is 12.2 Å². The zero-order valence-corrected chi connectivity index (χ0v) is 19.7. The van der Waals surface area contributed by atoms with Crippen LogP contribution in [0.2, 0.25) is 0 Å². The van der Waals surface area contributed by atoms with Crippen molar-refractivity contribution < 1.29 is 9.13 Å². The van der Waals surface area contributed by atoms with Crippen LogP contribution in [0.4, 0.5) is 16.2 Å². The maximum atomic E-state index is 13.4. The summed E-state index contributed by atoms with van der Waals surface area (Å²) in [5.41, 5.74) is 1.12. The van der Waals surface area contributed by atoms with E-state index in [1.807, 2.05) is 18.2 Å². The Morgan fingerprint density at radius 2 is 1.94 bits per heavy atom. The van der Waals surface area contributed by atoms with Crippen LogP contribution in [-0.2, 0) is 5.41 Å². The zero-order valence-electron chi connectivity index (χ0n) is 18.9. The molecule has 6 nitrogen and oxygen atoms in total. The number of halogens is 1. The first kappa shape index (κ1) is 22.7. The van der Waals surface area contributed by atoms with E-state index in [1.165, 1.54) is 6.42 Å². The molecule has 1 saturated heterocycles. The van der Waals surface area contributed by atoms with Crippen LogP contribution in [0.5, 0.6) is 5.88 Å². The molecule has 4 rings (SSSR count). The van der Waals surface area contributed by atoms with Crippen molar-refractivity contribution >= 4 is 29.1 Å². The number of aromatic nitrogens is 2. The Kier molecular flexibility index (Phi) is 7.08. The number of nitrogens with zero attached hydrogens (tertiary/aromatic N) is 3. The van der Waals surface area contributed by atoms with Crippen molar-refractivity contribution in [3.8, 4) is 5.88 Å². The summed E-state index contributed by atoms with van der Waals surface area (Å²) in [6, 6.07) is 9.19. The Bertz CT molecular complexity index is 932. The molecule has 0 bridgehead atoms. The van der Waals surface area contributed by atoms with Gasteiger partial charge < -0.3 is 20.3 Å². The highest BCUT2D eigenvalue weighted by molar-refractivity contribution is 7.80. The zero-order chi connectivity index (χ0) is 22.6. The summed E-state index contributed by atoms with van der Waals surface area (Å²) in [5, 5.41) is 6.98. The summed E-state index contributed by atoms with van der Waals surface area (Å²) < 4.78 is 18.8. The van der Waals surface area contributed by atoms with Gasteiger partial charge in [0, 0.05) is 30.6 Å². The van der Waals surface area contributed by atoms with Crippen LogP contribution in [0.15, 0.2) is 30.3 Å². The molecular weight excluding hydrogens is 425 g/mol. The lowest BCUT2D eigenvalue weighted by atomic mass is 9.79. The average molecular weight is 458 g/mol. The van der Waals surface area contributed by atoms with E-state index in [1.54, 1.807) is 19.2 Å². The molecule has 172 valence electrons. The maximum Gasteiger partial charge on any atom is 0.234 e. The topological polar surface area (TPSA) is 62.3 Å². The minimum Gasteiger partial charge on any atom is -0.481 e. The summed E-state index contributed by atoms with van der Waals surface area (Å²) in [6.45, 7) is 3.89. The van der Waals surface area contributed by atoms with Crippen LogP contribution in [0, 0.1) is 5.82 Å². The third kappa shape index (κ3) is 5.11. The number of nitrogens with one attached hydrogen (secondary N) is 2. The molecule has 1 aliphatic heterocycles. The van der Waals surface area contributed by atoms with E-state index in [2.05, 4.69) is 27.4 Å². The minimum absolute atomic E-state index is 0.0386. The molecule has 0 unspecified atom stereocenters. The molecular formula is C24H32FN5OS. The van der Waals surface area contributed by atoms with Gasteiger partial charge in [-0.2, -0.15) is 9.97 Å². The van der Waals surface area contributed by atoms with Gasteiger partial charge in [-0.25, -0.2) is 4.39 Å². The van der Waals surface area contributed by atoms with E-state index in [-0.39, 0.29) is 11.2 Å². The quantitative estimate of drug-likeness (QED) is 0.604. The van der Waals surface area contributed by atoms with Crippen molar-refractivity contribution in [2.75, 3.05) is 30.4 Å². The van der Waals surface area contributed by atoms with Crippen molar-refractivity contribution in [2.24, 2.45) is 0 Å². The van der Waals surface area contributed by atoms with Crippen molar-refractivity contribution in [3.05, 3.63) is 41.7 Å². The predicted octanol–water partition coefficient (Wildman–Crippen LogP) is 4.80. The lowest BCUT2D eigenvalue weighted by Crippen LogP contribution is -2.41. The number of hydrogen-bond donors (Lipinski definition) is 2. The van der Waals surface area contributed by atoms with Gasteiger partial charge in [0.1, 0.15) is 11.6 Å². The largest absolute Gasteiger partial charge is 0.481 e. The Balaban J connectivity index is 1.45. The second-order valence-corrected chi connectivity index (χ2v) is 9.34. The van der Waals surface area contributed by atoms with Gasteiger partial charge in [-0.1, -0.05) is 25.0 Å². The van der Waals surface area contributed by atoms with E-state index in [4.69, 9.17) is 21.9 Å². The Hall–Kier alpha value is -2.48. The fourth-order valence-corrected chi connectivity index (χ4v) is 5.14. The smallest absolute Gasteiger partial charge is 0.234 e.